The van der Waals surface area contributed by atoms with E-state index >= 15 is 0 Å². The molecule has 0 saturated carbocycles. The number of fused-ring (bicyclic) bond motifs is 1. The van der Waals surface area contributed by atoms with Crippen molar-refractivity contribution in [1.29, 1.82) is 0 Å². The lowest BCUT2D eigenvalue weighted by molar-refractivity contribution is -0.125. The third-order valence-electron chi connectivity index (χ3n) is 3.58. The Kier molecular flexibility index (Phi) is 3.22. The molecule has 20 heavy (non-hydrogen) atoms. The molecule has 1 aliphatic rings. The van der Waals surface area contributed by atoms with Crippen molar-refractivity contribution in [2.24, 2.45) is 0 Å². The van der Waals surface area contributed by atoms with Crippen molar-refractivity contribution in [2.45, 2.75) is 25.8 Å². The number of hydrogen-bond acceptors (Lipinski definition) is 4. The Morgan fingerprint density at radius 3 is 3.15 bits per heavy atom. The van der Waals surface area contributed by atoms with Crippen LogP contribution in [0.2, 0.25) is 0 Å². The molecule has 3 N–H and O–H groups in total. The number of imidazole rings is 1. The highest BCUT2D eigenvalue weighted by Gasteiger charge is 2.27. The second-order valence-electron chi connectivity index (χ2n) is 4.85. The van der Waals surface area contributed by atoms with Crippen LogP contribution in [0.5, 0.6) is 5.75 Å². The number of hydrogen-bond donors (Lipinski definition) is 2. The quantitative estimate of drug-likeness (QED) is 0.888. The molecule has 106 valence electrons. The number of aromatic nitrogens is 2. The fourth-order valence-electron chi connectivity index (χ4n) is 2.71. The summed E-state index contributed by atoms with van der Waals surface area (Å²) < 4.78 is 7.38. The summed E-state index contributed by atoms with van der Waals surface area (Å²) in [5.74, 6) is 1.06. The van der Waals surface area contributed by atoms with Crippen molar-refractivity contribution in [3.05, 3.63) is 18.2 Å². The monoisotopic (exact) mass is 274 g/mol. The van der Waals surface area contributed by atoms with Gasteiger partial charge in [0.1, 0.15) is 17.3 Å². The molecule has 2 aromatic rings. The fraction of sp³-hybridized carbons (Fsp3) is 0.429. The van der Waals surface area contributed by atoms with E-state index < -0.39 is 0 Å². The molecule has 1 saturated heterocycles. The molecule has 1 aromatic heterocycles. The molecule has 0 spiro atoms. The third kappa shape index (κ3) is 1.97. The minimum atomic E-state index is -0.286. The summed E-state index contributed by atoms with van der Waals surface area (Å²) in [7, 11) is 0. The highest BCUT2D eigenvalue weighted by atomic mass is 16.5. The number of nitrogen functional groups attached to an aromatic ring is 1. The van der Waals surface area contributed by atoms with Gasteiger partial charge in [0.25, 0.3) is 0 Å². The molecular formula is C14H18N4O2. The first-order valence-corrected chi connectivity index (χ1v) is 6.89. The molecule has 3 rings (SSSR count). The SMILES string of the molecule is CCOc1cccc2c1nc(N)n2C1CCCNC1=O. The summed E-state index contributed by atoms with van der Waals surface area (Å²) in [5.41, 5.74) is 7.58. The smallest absolute Gasteiger partial charge is 0.243 e. The van der Waals surface area contributed by atoms with Gasteiger partial charge in [-0.3, -0.25) is 9.36 Å². The normalized spacial score (nSPS) is 19.1. The molecule has 6 heteroatoms. The molecule has 0 aliphatic carbocycles. The Labute approximate surface area is 116 Å². The van der Waals surface area contributed by atoms with Gasteiger partial charge in [-0.05, 0) is 31.9 Å². The van der Waals surface area contributed by atoms with Crippen LogP contribution in [0.3, 0.4) is 0 Å². The van der Waals surface area contributed by atoms with Crippen LogP contribution >= 0.6 is 0 Å². The molecule has 1 aromatic carbocycles. The Hall–Kier alpha value is -2.24. The van der Waals surface area contributed by atoms with Crippen molar-refractivity contribution >= 4 is 22.9 Å². The number of carbonyl (C=O) groups excluding carboxylic acids is 1. The summed E-state index contributed by atoms with van der Waals surface area (Å²) >= 11 is 0. The van der Waals surface area contributed by atoms with Crippen LogP contribution < -0.4 is 15.8 Å². The van der Waals surface area contributed by atoms with Crippen molar-refractivity contribution in [1.82, 2.24) is 14.9 Å². The molecule has 6 nitrogen and oxygen atoms in total. The van der Waals surface area contributed by atoms with Gasteiger partial charge in [0.05, 0.1) is 12.1 Å². The summed E-state index contributed by atoms with van der Waals surface area (Å²) in [6, 6.07) is 5.39. The van der Waals surface area contributed by atoms with Crippen LogP contribution in [0, 0.1) is 0 Å². The zero-order valence-corrected chi connectivity index (χ0v) is 11.4. The Morgan fingerprint density at radius 2 is 2.40 bits per heavy atom. The van der Waals surface area contributed by atoms with Gasteiger partial charge in [0.15, 0.2) is 0 Å². The second kappa shape index (κ2) is 5.03. The Morgan fingerprint density at radius 1 is 1.55 bits per heavy atom. The van der Waals surface area contributed by atoms with E-state index in [2.05, 4.69) is 10.3 Å². The summed E-state index contributed by atoms with van der Waals surface area (Å²) in [5, 5.41) is 2.88. The number of nitrogens with one attached hydrogen (secondary N) is 1. The molecule has 1 atom stereocenters. The van der Waals surface area contributed by atoms with Crippen molar-refractivity contribution in [2.75, 3.05) is 18.9 Å². The lowest BCUT2D eigenvalue weighted by Crippen LogP contribution is -2.38. The van der Waals surface area contributed by atoms with Gasteiger partial charge < -0.3 is 15.8 Å². The van der Waals surface area contributed by atoms with E-state index in [-0.39, 0.29) is 11.9 Å². The van der Waals surface area contributed by atoms with Crippen LogP contribution in [0.25, 0.3) is 11.0 Å². The van der Waals surface area contributed by atoms with Crippen LogP contribution in [0.15, 0.2) is 18.2 Å². The predicted molar refractivity (Wildman–Crippen MR) is 76.6 cm³/mol. The van der Waals surface area contributed by atoms with Gasteiger partial charge in [-0.1, -0.05) is 6.07 Å². The van der Waals surface area contributed by atoms with E-state index in [0.717, 1.165) is 24.9 Å². The number of nitrogens with zero attached hydrogens (tertiary/aromatic N) is 2. The van der Waals surface area contributed by atoms with Gasteiger partial charge in [-0.15, -0.1) is 0 Å². The topological polar surface area (TPSA) is 82.2 Å². The zero-order chi connectivity index (χ0) is 14.1. The largest absolute Gasteiger partial charge is 0.492 e. The van der Waals surface area contributed by atoms with Gasteiger partial charge in [0.2, 0.25) is 11.9 Å². The van der Waals surface area contributed by atoms with Crippen LogP contribution in [0.1, 0.15) is 25.8 Å². The number of para-hydroxylation sites is 1. The predicted octanol–water partition coefficient (Wildman–Crippen LogP) is 1.47. The number of amides is 1. The van der Waals surface area contributed by atoms with Gasteiger partial charge >= 0.3 is 0 Å². The first-order valence-electron chi connectivity index (χ1n) is 6.89. The average Bonchev–Trinajstić information content (AvgIpc) is 2.77. The Balaban J connectivity index is 2.13. The van der Waals surface area contributed by atoms with Gasteiger partial charge in [-0.25, -0.2) is 4.98 Å². The highest BCUT2D eigenvalue weighted by molar-refractivity contribution is 5.88. The van der Waals surface area contributed by atoms with Crippen molar-refractivity contribution in [3.8, 4) is 5.75 Å². The van der Waals surface area contributed by atoms with E-state index in [1.165, 1.54) is 0 Å². The minimum absolute atomic E-state index is 0.00376. The lowest BCUT2D eigenvalue weighted by atomic mass is 10.1. The van der Waals surface area contributed by atoms with E-state index in [0.29, 0.717) is 23.8 Å². The molecule has 0 radical (unpaired) electrons. The Bertz CT molecular complexity index is 650. The van der Waals surface area contributed by atoms with Crippen LogP contribution in [-0.2, 0) is 4.79 Å². The van der Waals surface area contributed by atoms with E-state index in [4.69, 9.17) is 10.5 Å². The number of anilines is 1. The molecule has 1 aliphatic heterocycles. The van der Waals surface area contributed by atoms with E-state index in [1.54, 1.807) is 0 Å². The van der Waals surface area contributed by atoms with Crippen LogP contribution in [0.4, 0.5) is 5.95 Å². The van der Waals surface area contributed by atoms with Gasteiger partial charge in [0, 0.05) is 6.54 Å². The maximum atomic E-state index is 12.1. The van der Waals surface area contributed by atoms with E-state index in [9.17, 15) is 4.79 Å². The number of carbonyl (C=O) groups is 1. The fourth-order valence-corrected chi connectivity index (χ4v) is 2.71. The summed E-state index contributed by atoms with van der Waals surface area (Å²) in [4.78, 5) is 16.4. The molecule has 1 fully saturated rings. The summed E-state index contributed by atoms with van der Waals surface area (Å²) in [6.45, 7) is 3.22. The molecule has 1 unspecified atom stereocenters. The maximum absolute atomic E-state index is 12.1. The molecule has 1 amide bonds. The second-order valence-corrected chi connectivity index (χ2v) is 4.85. The number of nitrogens with two attached hydrogens (primary N) is 1. The lowest BCUT2D eigenvalue weighted by Gasteiger charge is -2.24. The highest BCUT2D eigenvalue weighted by Crippen LogP contribution is 2.31. The molecule has 0 bridgehead atoms. The number of benzene rings is 1. The standard InChI is InChI=1S/C14H18N4O2/c1-2-20-11-7-3-5-9-12(11)17-14(15)18(9)10-6-4-8-16-13(10)19/h3,5,7,10H,2,4,6,8H2,1H3,(H2,15,17)(H,16,19). The number of piperidine rings is 1. The maximum Gasteiger partial charge on any atom is 0.243 e. The van der Waals surface area contributed by atoms with Crippen molar-refractivity contribution in [3.63, 3.8) is 0 Å². The van der Waals surface area contributed by atoms with E-state index in [1.807, 2.05) is 29.7 Å². The van der Waals surface area contributed by atoms with Crippen LogP contribution in [-0.4, -0.2) is 28.6 Å². The first kappa shape index (κ1) is 12.8. The number of rotatable bonds is 3. The zero-order valence-electron chi connectivity index (χ0n) is 11.4. The van der Waals surface area contributed by atoms with Crippen molar-refractivity contribution < 1.29 is 9.53 Å². The van der Waals surface area contributed by atoms with Gasteiger partial charge in [-0.2, -0.15) is 0 Å². The minimum Gasteiger partial charge on any atom is -0.492 e. The third-order valence-corrected chi connectivity index (χ3v) is 3.58. The molecule has 2 heterocycles. The number of ether oxygens (including phenoxy) is 1. The molecular weight excluding hydrogens is 256 g/mol. The first-order chi connectivity index (χ1) is 9.72. The average molecular weight is 274 g/mol. The summed E-state index contributed by atoms with van der Waals surface area (Å²) in [6.07, 6.45) is 1.72.